The fourth-order valence-corrected chi connectivity index (χ4v) is 7.59. The van der Waals surface area contributed by atoms with Crippen molar-refractivity contribution in [3.05, 3.63) is 119 Å². The second-order valence-electron chi connectivity index (χ2n) is 12.2. The highest BCUT2D eigenvalue weighted by molar-refractivity contribution is 7.92. The van der Waals surface area contributed by atoms with Crippen molar-refractivity contribution in [2.45, 2.75) is 62.6 Å². The minimum Gasteiger partial charge on any atom is -0.497 e. The lowest BCUT2D eigenvalue weighted by Gasteiger charge is -2.34. The van der Waals surface area contributed by atoms with Crippen molar-refractivity contribution in [2.24, 2.45) is 0 Å². The summed E-state index contributed by atoms with van der Waals surface area (Å²) < 4.78 is 41.0. The maximum Gasteiger partial charge on any atom is 0.264 e. The smallest absolute Gasteiger partial charge is 0.264 e. The first kappa shape index (κ1) is 35.8. The van der Waals surface area contributed by atoms with Gasteiger partial charge in [0.15, 0.2) is 0 Å². The molecule has 0 unspecified atom stereocenters. The van der Waals surface area contributed by atoms with Gasteiger partial charge >= 0.3 is 0 Å². The predicted octanol–water partition coefficient (Wildman–Crippen LogP) is 6.56. The summed E-state index contributed by atoms with van der Waals surface area (Å²) in [6.07, 6.45) is 4.01. The van der Waals surface area contributed by atoms with Crippen LogP contribution < -0.4 is 19.1 Å². The van der Waals surface area contributed by atoms with E-state index in [2.05, 4.69) is 5.32 Å². The van der Waals surface area contributed by atoms with E-state index in [1.165, 1.54) is 37.3 Å². The van der Waals surface area contributed by atoms with Crippen LogP contribution in [0.2, 0.25) is 5.02 Å². The number of halogens is 1. The van der Waals surface area contributed by atoms with Gasteiger partial charge in [-0.05, 0) is 67.3 Å². The zero-order chi connectivity index (χ0) is 35.0. The summed E-state index contributed by atoms with van der Waals surface area (Å²) in [6, 6.07) is 26.8. The van der Waals surface area contributed by atoms with Crippen molar-refractivity contribution in [1.82, 2.24) is 10.2 Å². The monoisotopic (exact) mass is 703 g/mol. The summed E-state index contributed by atoms with van der Waals surface area (Å²) in [4.78, 5) is 30.5. The number of amides is 2. The van der Waals surface area contributed by atoms with Crippen LogP contribution in [0, 0.1) is 6.92 Å². The number of aryl methyl sites for hydroxylation is 1. The number of ether oxygens (including phenoxy) is 2. The van der Waals surface area contributed by atoms with E-state index in [1.807, 2.05) is 37.3 Å². The summed E-state index contributed by atoms with van der Waals surface area (Å²) in [5, 5.41) is 3.72. The third kappa shape index (κ3) is 8.93. The molecule has 0 spiro atoms. The molecule has 9 nitrogen and oxygen atoms in total. The van der Waals surface area contributed by atoms with Gasteiger partial charge in [-0.25, -0.2) is 8.42 Å². The Kier molecular flexibility index (Phi) is 11.9. The maximum atomic E-state index is 14.8. The van der Waals surface area contributed by atoms with Gasteiger partial charge in [-0.3, -0.25) is 13.9 Å². The Balaban J connectivity index is 1.61. The lowest BCUT2D eigenvalue weighted by Crippen LogP contribution is -2.54. The minimum absolute atomic E-state index is 0.000152. The number of nitrogens with zero attached hydrogens (tertiary/aromatic N) is 2. The molecule has 2 amide bonds. The second kappa shape index (κ2) is 16.2. The number of anilines is 1. The molecule has 4 aromatic carbocycles. The number of nitrogens with one attached hydrogen (secondary N) is 1. The van der Waals surface area contributed by atoms with Crippen LogP contribution in [0.5, 0.6) is 11.5 Å². The molecule has 1 N–H and O–H groups in total. The average molecular weight is 704 g/mol. The molecule has 5 rings (SSSR count). The molecular weight excluding hydrogens is 662 g/mol. The fraction of sp³-hybridized carbons (Fsp3) is 0.316. The van der Waals surface area contributed by atoms with Crippen LogP contribution in [0.3, 0.4) is 0 Å². The van der Waals surface area contributed by atoms with Crippen molar-refractivity contribution in [1.29, 1.82) is 0 Å². The van der Waals surface area contributed by atoms with Gasteiger partial charge in [0.25, 0.3) is 10.0 Å². The molecule has 0 heterocycles. The van der Waals surface area contributed by atoms with E-state index < -0.39 is 28.5 Å². The number of rotatable bonds is 14. The van der Waals surface area contributed by atoms with Gasteiger partial charge in [-0.1, -0.05) is 84.6 Å². The quantitative estimate of drug-likeness (QED) is 0.160. The molecular formula is C38H42ClN3O6S. The topological polar surface area (TPSA) is 105 Å². The zero-order valence-electron chi connectivity index (χ0n) is 28.0. The number of benzene rings is 4. The molecule has 0 saturated heterocycles. The molecule has 1 atom stereocenters. The number of sulfonamides is 1. The van der Waals surface area contributed by atoms with Crippen molar-refractivity contribution in [3.63, 3.8) is 0 Å². The third-order valence-corrected chi connectivity index (χ3v) is 10.8. The van der Waals surface area contributed by atoms with E-state index in [-0.39, 0.29) is 41.2 Å². The van der Waals surface area contributed by atoms with Gasteiger partial charge < -0.3 is 19.7 Å². The molecule has 1 saturated carbocycles. The lowest BCUT2D eigenvalue weighted by atomic mass is 10.0. The zero-order valence-corrected chi connectivity index (χ0v) is 29.5. The molecule has 0 radical (unpaired) electrons. The van der Waals surface area contributed by atoms with E-state index in [4.69, 9.17) is 21.1 Å². The average Bonchev–Trinajstić information content (AvgIpc) is 3.62. The fourth-order valence-electron chi connectivity index (χ4n) is 6.05. The SMILES string of the molecule is COc1ccc(OC)c(N(CC(=O)N(Cc2ccc(Cl)cc2)[C@@H](Cc2ccccc2)C(=O)NC2CCCC2)S(=O)(=O)c2ccc(C)cc2)c1. The Morgan fingerprint density at radius 3 is 2.18 bits per heavy atom. The highest BCUT2D eigenvalue weighted by Gasteiger charge is 2.36. The summed E-state index contributed by atoms with van der Waals surface area (Å²) in [7, 11) is -1.42. The molecule has 258 valence electrons. The van der Waals surface area contributed by atoms with Gasteiger partial charge in [0.05, 0.1) is 24.8 Å². The van der Waals surface area contributed by atoms with Crippen molar-refractivity contribution >= 4 is 39.1 Å². The Morgan fingerprint density at radius 2 is 1.55 bits per heavy atom. The van der Waals surface area contributed by atoms with Crippen LogP contribution in [-0.2, 0) is 32.6 Å². The van der Waals surface area contributed by atoms with Gasteiger partial charge in [-0.15, -0.1) is 0 Å². The molecule has 1 aliphatic carbocycles. The summed E-state index contributed by atoms with van der Waals surface area (Å²) in [5.41, 5.74) is 2.60. The standard InChI is InChI=1S/C38H42ClN3O6S/c1-27-13-20-33(21-14-27)49(45,46)42(34-24-32(47-2)19-22-36(34)48-3)26-37(43)41(25-29-15-17-30(39)18-16-29)35(23-28-9-5-4-6-10-28)38(44)40-31-11-7-8-12-31/h4-6,9-10,13-22,24,31,35H,7-8,11-12,23,25-26H2,1-3H3,(H,40,44)/t35-/m0/s1. The van der Waals surface area contributed by atoms with Gasteiger partial charge in [-0.2, -0.15) is 0 Å². The molecule has 0 aliphatic heterocycles. The molecule has 49 heavy (non-hydrogen) atoms. The Bertz CT molecular complexity index is 1830. The first-order valence-corrected chi connectivity index (χ1v) is 18.1. The Morgan fingerprint density at radius 1 is 0.878 bits per heavy atom. The molecule has 11 heteroatoms. The molecule has 1 aliphatic rings. The van der Waals surface area contributed by atoms with Crippen LogP contribution in [0.25, 0.3) is 0 Å². The van der Waals surface area contributed by atoms with Crippen LogP contribution in [-0.4, -0.2) is 58.0 Å². The van der Waals surface area contributed by atoms with Crippen LogP contribution in [0.1, 0.15) is 42.4 Å². The maximum absolute atomic E-state index is 14.8. The largest absolute Gasteiger partial charge is 0.497 e. The Hall–Kier alpha value is -4.54. The second-order valence-corrected chi connectivity index (χ2v) is 14.5. The summed E-state index contributed by atoms with van der Waals surface area (Å²) in [5.74, 6) is -0.250. The summed E-state index contributed by atoms with van der Waals surface area (Å²) in [6.45, 7) is 1.29. The van der Waals surface area contributed by atoms with E-state index in [0.29, 0.717) is 10.8 Å². The predicted molar refractivity (Wildman–Crippen MR) is 192 cm³/mol. The molecule has 4 aromatic rings. The van der Waals surface area contributed by atoms with Gasteiger partial charge in [0.2, 0.25) is 11.8 Å². The Labute approximate surface area is 293 Å². The van der Waals surface area contributed by atoms with Crippen molar-refractivity contribution in [2.75, 3.05) is 25.1 Å². The first-order valence-electron chi connectivity index (χ1n) is 16.3. The number of carbonyl (C=O) groups is 2. The lowest BCUT2D eigenvalue weighted by molar-refractivity contribution is -0.140. The molecule has 0 bridgehead atoms. The van der Waals surface area contributed by atoms with Gasteiger partial charge in [0.1, 0.15) is 24.1 Å². The number of hydrogen-bond donors (Lipinski definition) is 1. The first-order chi connectivity index (χ1) is 23.6. The molecule has 0 aromatic heterocycles. The van der Waals surface area contributed by atoms with E-state index >= 15 is 0 Å². The van der Waals surface area contributed by atoms with Crippen LogP contribution in [0.4, 0.5) is 5.69 Å². The highest BCUT2D eigenvalue weighted by Crippen LogP contribution is 2.36. The van der Waals surface area contributed by atoms with E-state index in [0.717, 1.165) is 46.7 Å². The van der Waals surface area contributed by atoms with Crippen molar-refractivity contribution < 1.29 is 27.5 Å². The summed E-state index contributed by atoms with van der Waals surface area (Å²) >= 11 is 6.19. The normalized spacial score (nSPS) is 13.8. The van der Waals surface area contributed by atoms with Crippen molar-refractivity contribution in [3.8, 4) is 11.5 Å². The number of hydrogen-bond acceptors (Lipinski definition) is 6. The van der Waals surface area contributed by atoms with E-state index in [9.17, 15) is 18.0 Å². The molecule has 1 fully saturated rings. The van der Waals surface area contributed by atoms with E-state index in [1.54, 1.807) is 48.5 Å². The van der Waals surface area contributed by atoms with Crippen LogP contribution >= 0.6 is 11.6 Å². The number of methoxy groups -OCH3 is 2. The third-order valence-electron chi connectivity index (χ3n) is 8.78. The van der Waals surface area contributed by atoms with Crippen LogP contribution in [0.15, 0.2) is 102 Å². The van der Waals surface area contributed by atoms with Gasteiger partial charge in [0, 0.05) is 30.1 Å². The highest BCUT2D eigenvalue weighted by atomic mass is 35.5. The minimum atomic E-state index is -4.33. The number of carbonyl (C=O) groups excluding carboxylic acids is 2.